The smallest absolute Gasteiger partial charge is 0.756 e. The van der Waals surface area contributed by atoms with Crippen LogP contribution in [0.3, 0.4) is 0 Å². The van der Waals surface area contributed by atoms with Crippen LogP contribution in [0.15, 0.2) is 12.7 Å². The van der Waals surface area contributed by atoms with Gasteiger partial charge in [-0.05, 0) is 0 Å². The molecule has 1 saturated heterocycles. The molecule has 0 aromatic carbocycles. The Morgan fingerprint density at radius 3 is 2.71 bits per heavy atom. The largest absolute Gasteiger partial charge is 1.00 e. The van der Waals surface area contributed by atoms with Gasteiger partial charge in [-0.1, -0.05) is 0 Å². The fourth-order valence-electron chi connectivity index (χ4n) is 2.29. The Morgan fingerprint density at radius 2 is 2.04 bits per heavy atom. The predicted octanol–water partition coefficient (Wildman–Crippen LogP) is -5.37. The number of hydrogen-bond acceptors (Lipinski definition) is 10. The number of imidazole rings is 1. The van der Waals surface area contributed by atoms with Crippen molar-refractivity contribution < 1.29 is 68.5 Å². The number of nitrogens with zero attached hydrogens (tertiary/aromatic N) is 4. The molecule has 1 fully saturated rings. The van der Waals surface area contributed by atoms with Crippen LogP contribution in [-0.2, 0) is 13.8 Å². The Bertz CT molecular complexity index is 768. The first-order valence-electron chi connectivity index (χ1n) is 6.34. The number of phosphoric acid groups is 1. The van der Waals surface area contributed by atoms with E-state index in [2.05, 4.69) is 19.5 Å². The number of aliphatic hydroxyl groups is 2. The summed E-state index contributed by atoms with van der Waals surface area (Å²) in [6.45, 7) is -0.682. The second-order valence-corrected chi connectivity index (χ2v) is 6.03. The van der Waals surface area contributed by atoms with Crippen LogP contribution in [0, 0.1) is 0 Å². The molecule has 12 nitrogen and oxygen atoms in total. The number of aromatic hydroxyl groups is 1. The summed E-state index contributed by atoms with van der Waals surface area (Å²) >= 11 is 0. The zero-order valence-electron chi connectivity index (χ0n) is 12.3. The van der Waals surface area contributed by atoms with E-state index in [-0.39, 0.29) is 46.6 Å². The molecule has 24 heavy (non-hydrogen) atoms. The molecule has 1 aliphatic rings. The van der Waals surface area contributed by atoms with Crippen molar-refractivity contribution in [3.63, 3.8) is 0 Å². The summed E-state index contributed by atoms with van der Waals surface area (Å²) in [6.07, 6.45) is -2.98. The van der Waals surface area contributed by atoms with Crippen molar-refractivity contribution in [2.24, 2.45) is 0 Å². The molecular weight excluding hydrogens is 358 g/mol. The number of fused-ring (bicyclic) bond motifs is 1. The van der Waals surface area contributed by atoms with Crippen LogP contribution in [0.25, 0.3) is 11.2 Å². The Kier molecular flexibility index (Phi) is 5.98. The first-order valence-corrected chi connectivity index (χ1v) is 7.84. The molecule has 1 unspecified atom stereocenters. The van der Waals surface area contributed by atoms with Crippen LogP contribution in [0.1, 0.15) is 6.23 Å². The van der Waals surface area contributed by atoms with Gasteiger partial charge in [0.1, 0.15) is 24.6 Å². The SMILES string of the molecule is O=P([O-])(O)OC[C@H]1O[C@@H](n2cnc3c(O)ncnc32)[C@H](O)[C@@H]1O.[Na+]. The Hall–Kier alpha value is -0.660. The average molecular weight is 370 g/mol. The summed E-state index contributed by atoms with van der Waals surface area (Å²) in [4.78, 5) is 30.5. The molecule has 3 heterocycles. The topological polar surface area (TPSA) is 183 Å². The van der Waals surface area contributed by atoms with Crippen molar-refractivity contribution in [1.29, 1.82) is 0 Å². The van der Waals surface area contributed by atoms with Gasteiger partial charge in [-0.3, -0.25) is 9.13 Å². The monoisotopic (exact) mass is 370 g/mol. The number of ether oxygens (including phenoxy) is 1. The fourth-order valence-corrected chi connectivity index (χ4v) is 2.63. The van der Waals surface area contributed by atoms with Crippen molar-refractivity contribution in [3.8, 4) is 5.88 Å². The molecule has 1 aliphatic heterocycles. The maximum atomic E-state index is 10.6. The molecule has 0 bridgehead atoms. The minimum atomic E-state index is -4.99. The van der Waals surface area contributed by atoms with Crippen molar-refractivity contribution in [2.75, 3.05) is 6.61 Å². The Labute approximate surface area is 156 Å². The van der Waals surface area contributed by atoms with Gasteiger partial charge >= 0.3 is 29.6 Å². The third-order valence-electron chi connectivity index (χ3n) is 3.35. The van der Waals surface area contributed by atoms with Crippen LogP contribution < -0.4 is 34.5 Å². The number of aromatic nitrogens is 4. The normalized spacial score (nSPS) is 29.3. The second kappa shape index (κ2) is 7.30. The first kappa shape index (κ1) is 19.7. The summed E-state index contributed by atoms with van der Waals surface area (Å²) in [6, 6.07) is 0. The number of rotatable bonds is 4. The quantitative estimate of drug-likeness (QED) is 0.298. The number of phosphoric ester groups is 1. The van der Waals surface area contributed by atoms with E-state index in [1.807, 2.05) is 0 Å². The third kappa shape index (κ3) is 3.78. The van der Waals surface area contributed by atoms with Gasteiger partial charge in [-0.15, -0.1) is 0 Å². The first-order chi connectivity index (χ1) is 10.8. The third-order valence-corrected chi connectivity index (χ3v) is 3.83. The second-order valence-electron chi connectivity index (χ2n) is 4.83. The molecule has 14 heteroatoms. The maximum Gasteiger partial charge on any atom is 1.00 e. The minimum absolute atomic E-state index is 0. The Balaban J connectivity index is 0.00000208. The van der Waals surface area contributed by atoms with E-state index in [0.717, 1.165) is 6.33 Å². The molecular formula is C10H12N4NaO8P. The van der Waals surface area contributed by atoms with E-state index < -0.39 is 39.0 Å². The van der Waals surface area contributed by atoms with E-state index in [1.165, 1.54) is 10.9 Å². The van der Waals surface area contributed by atoms with Gasteiger partial charge < -0.3 is 34.4 Å². The van der Waals surface area contributed by atoms with E-state index in [4.69, 9.17) is 9.63 Å². The molecule has 0 amide bonds. The average Bonchev–Trinajstić information content (AvgIpc) is 3.01. The minimum Gasteiger partial charge on any atom is -0.756 e. The van der Waals surface area contributed by atoms with Gasteiger partial charge in [-0.2, -0.15) is 4.98 Å². The molecule has 4 N–H and O–H groups in total. The summed E-state index contributed by atoms with van der Waals surface area (Å²) in [7, 11) is -4.99. The van der Waals surface area contributed by atoms with E-state index in [9.17, 15) is 24.8 Å². The maximum absolute atomic E-state index is 10.6. The summed E-state index contributed by atoms with van der Waals surface area (Å²) in [5.41, 5.74) is 0.212. The summed E-state index contributed by atoms with van der Waals surface area (Å²) in [5.74, 6) is -0.366. The van der Waals surface area contributed by atoms with E-state index >= 15 is 0 Å². The van der Waals surface area contributed by atoms with Gasteiger partial charge in [0.15, 0.2) is 17.4 Å². The van der Waals surface area contributed by atoms with Crippen LogP contribution in [0.2, 0.25) is 0 Å². The standard InChI is InChI=1S/C10H13N4O8P.Na/c15-6-4(1-21-23(18,19)20)22-10(7(6)16)14-3-13-5-8(14)11-2-12-9(5)17;/h2-4,6-7,10,15-16H,1H2,(H,11,12,17)(H2,18,19,20);/q;+1/p-1/t4-,6-,7-,10-;/m1./s1. The van der Waals surface area contributed by atoms with Gasteiger partial charge in [0.25, 0.3) is 7.82 Å². The molecule has 2 aromatic rings. The molecule has 5 atom stereocenters. The fraction of sp³-hybridized carbons (Fsp3) is 0.500. The summed E-state index contributed by atoms with van der Waals surface area (Å²) < 4.78 is 21.4. The van der Waals surface area contributed by atoms with Crippen molar-refractivity contribution in [2.45, 2.75) is 24.5 Å². The van der Waals surface area contributed by atoms with E-state index in [1.54, 1.807) is 0 Å². The van der Waals surface area contributed by atoms with Crippen LogP contribution in [0.5, 0.6) is 5.88 Å². The zero-order valence-corrected chi connectivity index (χ0v) is 15.2. The van der Waals surface area contributed by atoms with Gasteiger partial charge in [0.05, 0.1) is 12.9 Å². The van der Waals surface area contributed by atoms with Gasteiger partial charge in [0.2, 0.25) is 5.88 Å². The van der Waals surface area contributed by atoms with E-state index in [0.29, 0.717) is 0 Å². The molecule has 126 valence electrons. The van der Waals surface area contributed by atoms with Crippen molar-refractivity contribution in [1.82, 2.24) is 19.5 Å². The number of aliphatic hydroxyl groups excluding tert-OH is 2. The predicted molar refractivity (Wildman–Crippen MR) is 68.7 cm³/mol. The Morgan fingerprint density at radius 1 is 1.33 bits per heavy atom. The van der Waals surface area contributed by atoms with Gasteiger partial charge in [-0.25, -0.2) is 9.97 Å². The van der Waals surface area contributed by atoms with Crippen LogP contribution in [0.4, 0.5) is 0 Å². The van der Waals surface area contributed by atoms with Crippen molar-refractivity contribution in [3.05, 3.63) is 12.7 Å². The molecule has 0 spiro atoms. The number of hydrogen-bond donors (Lipinski definition) is 4. The van der Waals surface area contributed by atoms with Crippen LogP contribution >= 0.6 is 7.82 Å². The molecule has 0 saturated carbocycles. The molecule has 0 aliphatic carbocycles. The molecule has 0 radical (unpaired) electrons. The zero-order chi connectivity index (χ0) is 16.8. The van der Waals surface area contributed by atoms with Crippen molar-refractivity contribution >= 4 is 19.0 Å². The molecule has 2 aromatic heterocycles. The van der Waals surface area contributed by atoms with Gasteiger partial charge in [0, 0.05) is 0 Å². The molecule has 3 rings (SSSR count). The van der Waals surface area contributed by atoms with Crippen LogP contribution in [-0.4, -0.2) is 64.7 Å². The summed E-state index contributed by atoms with van der Waals surface area (Å²) in [5, 5.41) is 29.5.